The number of hydrogen-bond acceptors (Lipinski definition) is 3. The van der Waals surface area contributed by atoms with E-state index < -0.39 is 0 Å². The van der Waals surface area contributed by atoms with Gasteiger partial charge in [0.05, 0.1) is 6.61 Å². The van der Waals surface area contributed by atoms with E-state index in [4.69, 9.17) is 4.74 Å². The van der Waals surface area contributed by atoms with Gasteiger partial charge in [-0.05, 0) is 31.9 Å². The Balaban J connectivity index is 2.23. The molecule has 1 atom stereocenters. The first kappa shape index (κ1) is 20.7. The number of ether oxygens (including phenoxy) is 1. The van der Waals surface area contributed by atoms with Gasteiger partial charge >= 0.3 is 5.97 Å². The Kier molecular flexibility index (Phi) is 12.1. The molecular weight excluding hydrogens is 298 g/mol. The van der Waals surface area contributed by atoms with E-state index in [-0.39, 0.29) is 12.0 Å². The van der Waals surface area contributed by atoms with Crippen molar-refractivity contribution in [2.75, 3.05) is 13.2 Å². The van der Waals surface area contributed by atoms with Crippen molar-refractivity contribution in [1.29, 1.82) is 0 Å². The van der Waals surface area contributed by atoms with Crippen molar-refractivity contribution in [2.45, 2.75) is 77.7 Å². The molecule has 0 heterocycles. The quantitative estimate of drug-likeness (QED) is 0.389. The van der Waals surface area contributed by atoms with Crippen LogP contribution in [0, 0.1) is 0 Å². The number of unbranched alkanes of at least 4 members (excludes halogenated alkanes) is 7. The molecule has 0 fully saturated rings. The highest BCUT2D eigenvalue weighted by Gasteiger charge is 2.19. The minimum atomic E-state index is -0.239. The summed E-state index contributed by atoms with van der Waals surface area (Å²) in [5.41, 5.74) is 1.17. The molecule has 1 unspecified atom stereocenters. The highest BCUT2D eigenvalue weighted by Crippen LogP contribution is 2.09. The third kappa shape index (κ3) is 9.71. The molecule has 0 aliphatic rings. The summed E-state index contributed by atoms with van der Waals surface area (Å²) in [6.45, 7) is 5.42. The lowest BCUT2D eigenvalue weighted by Crippen LogP contribution is -2.40. The molecule has 3 heteroatoms. The zero-order valence-corrected chi connectivity index (χ0v) is 15.6. The van der Waals surface area contributed by atoms with E-state index >= 15 is 0 Å². The highest BCUT2D eigenvalue weighted by atomic mass is 16.5. The number of esters is 1. The fourth-order valence-corrected chi connectivity index (χ4v) is 2.87. The van der Waals surface area contributed by atoms with Crippen LogP contribution in [0.1, 0.15) is 70.8 Å². The van der Waals surface area contributed by atoms with Gasteiger partial charge in [-0.3, -0.25) is 4.79 Å². The maximum atomic E-state index is 12.1. The SMILES string of the molecule is CCCCCCCCCCNC(Cc1ccccc1)C(=O)OCC. The monoisotopic (exact) mass is 333 g/mol. The average molecular weight is 334 g/mol. The lowest BCUT2D eigenvalue weighted by molar-refractivity contribution is -0.145. The van der Waals surface area contributed by atoms with Gasteiger partial charge in [0.15, 0.2) is 0 Å². The number of carbonyl (C=O) groups excluding carboxylic acids is 1. The molecule has 0 saturated carbocycles. The normalized spacial score (nSPS) is 12.1. The second kappa shape index (κ2) is 14.0. The predicted octanol–water partition coefficient (Wildman–Crippen LogP) is 4.89. The van der Waals surface area contributed by atoms with Gasteiger partial charge in [0.25, 0.3) is 0 Å². The summed E-state index contributed by atoms with van der Waals surface area (Å²) in [4.78, 5) is 12.1. The summed E-state index contributed by atoms with van der Waals surface area (Å²) in [6, 6.07) is 9.90. The molecule has 3 nitrogen and oxygen atoms in total. The molecule has 0 radical (unpaired) electrons. The molecule has 0 aromatic heterocycles. The van der Waals surface area contributed by atoms with Crippen LogP contribution in [0.2, 0.25) is 0 Å². The van der Waals surface area contributed by atoms with Gasteiger partial charge in [-0.25, -0.2) is 0 Å². The summed E-state index contributed by atoms with van der Waals surface area (Å²) in [7, 11) is 0. The maximum absolute atomic E-state index is 12.1. The minimum absolute atomic E-state index is 0.138. The van der Waals surface area contributed by atoms with Crippen LogP contribution in [0.5, 0.6) is 0 Å². The van der Waals surface area contributed by atoms with E-state index in [0.717, 1.165) is 13.0 Å². The Morgan fingerprint density at radius 2 is 1.58 bits per heavy atom. The zero-order valence-electron chi connectivity index (χ0n) is 15.6. The second-order valence-electron chi connectivity index (χ2n) is 6.42. The number of hydrogen-bond donors (Lipinski definition) is 1. The molecular formula is C21H35NO2. The smallest absolute Gasteiger partial charge is 0.323 e. The van der Waals surface area contributed by atoms with Crippen LogP contribution < -0.4 is 5.32 Å². The van der Waals surface area contributed by atoms with Crippen LogP contribution in [0.4, 0.5) is 0 Å². The van der Waals surface area contributed by atoms with Gasteiger partial charge in [0, 0.05) is 0 Å². The van der Waals surface area contributed by atoms with Crippen molar-refractivity contribution in [1.82, 2.24) is 5.32 Å². The highest BCUT2D eigenvalue weighted by molar-refractivity contribution is 5.76. The molecule has 24 heavy (non-hydrogen) atoms. The van der Waals surface area contributed by atoms with Crippen molar-refractivity contribution in [3.05, 3.63) is 35.9 Å². The lowest BCUT2D eigenvalue weighted by atomic mass is 10.1. The van der Waals surface area contributed by atoms with Crippen molar-refractivity contribution in [3.63, 3.8) is 0 Å². The molecule has 0 bridgehead atoms. The second-order valence-corrected chi connectivity index (χ2v) is 6.42. The third-order valence-electron chi connectivity index (χ3n) is 4.27. The number of benzene rings is 1. The van der Waals surface area contributed by atoms with Gasteiger partial charge in [-0.15, -0.1) is 0 Å². The van der Waals surface area contributed by atoms with Crippen molar-refractivity contribution >= 4 is 5.97 Å². The summed E-state index contributed by atoms with van der Waals surface area (Å²) >= 11 is 0. The van der Waals surface area contributed by atoms with E-state index in [1.165, 1.54) is 50.5 Å². The molecule has 1 aromatic rings. The van der Waals surface area contributed by atoms with Gasteiger partial charge in [-0.1, -0.05) is 82.2 Å². The van der Waals surface area contributed by atoms with Gasteiger partial charge in [-0.2, -0.15) is 0 Å². The largest absolute Gasteiger partial charge is 0.465 e. The summed E-state index contributed by atoms with van der Waals surface area (Å²) in [6.07, 6.45) is 11.1. The Hall–Kier alpha value is -1.35. The van der Waals surface area contributed by atoms with Crippen molar-refractivity contribution in [2.24, 2.45) is 0 Å². The van der Waals surface area contributed by atoms with E-state index in [1.807, 2.05) is 25.1 Å². The van der Waals surface area contributed by atoms with Crippen molar-refractivity contribution < 1.29 is 9.53 Å². The van der Waals surface area contributed by atoms with E-state index in [2.05, 4.69) is 24.4 Å². The third-order valence-corrected chi connectivity index (χ3v) is 4.27. The molecule has 1 rings (SSSR count). The molecule has 0 spiro atoms. The van der Waals surface area contributed by atoms with Crippen LogP contribution in [-0.4, -0.2) is 25.2 Å². The van der Waals surface area contributed by atoms with E-state index in [1.54, 1.807) is 0 Å². The van der Waals surface area contributed by atoms with Crippen LogP contribution >= 0.6 is 0 Å². The molecule has 1 N–H and O–H groups in total. The standard InChI is InChI=1S/C21H35NO2/c1-3-5-6-7-8-9-10-14-17-22-20(21(23)24-4-2)18-19-15-12-11-13-16-19/h11-13,15-16,20,22H,3-10,14,17-18H2,1-2H3. The first-order valence-corrected chi connectivity index (χ1v) is 9.71. The van der Waals surface area contributed by atoms with Crippen LogP contribution in [-0.2, 0) is 16.0 Å². The molecule has 0 aliphatic heterocycles. The summed E-state index contributed by atoms with van der Waals surface area (Å²) in [5, 5.41) is 3.39. The van der Waals surface area contributed by atoms with E-state index in [0.29, 0.717) is 13.0 Å². The Morgan fingerprint density at radius 1 is 0.958 bits per heavy atom. The first-order chi connectivity index (χ1) is 11.8. The number of rotatable bonds is 14. The Labute approximate surface area is 148 Å². The topological polar surface area (TPSA) is 38.3 Å². The van der Waals surface area contributed by atoms with Gasteiger partial charge in [0.2, 0.25) is 0 Å². The minimum Gasteiger partial charge on any atom is -0.465 e. The predicted molar refractivity (Wildman–Crippen MR) is 101 cm³/mol. The maximum Gasteiger partial charge on any atom is 0.323 e. The summed E-state index contributed by atoms with van der Waals surface area (Å²) in [5.74, 6) is -0.138. The van der Waals surface area contributed by atoms with Crippen LogP contribution in [0.15, 0.2) is 30.3 Å². The average Bonchev–Trinajstić information content (AvgIpc) is 2.60. The first-order valence-electron chi connectivity index (χ1n) is 9.71. The fourth-order valence-electron chi connectivity index (χ4n) is 2.87. The molecule has 0 aliphatic carbocycles. The van der Waals surface area contributed by atoms with Gasteiger partial charge < -0.3 is 10.1 Å². The van der Waals surface area contributed by atoms with Crippen molar-refractivity contribution in [3.8, 4) is 0 Å². The Bertz CT molecular complexity index is 419. The number of carbonyl (C=O) groups is 1. The molecule has 136 valence electrons. The van der Waals surface area contributed by atoms with Crippen LogP contribution in [0.25, 0.3) is 0 Å². The van der Waals surface area contributed by atoms with Gasteiger partial charge in [0.1, 0.15) is 6.04 Å². The summed E-state index contributed by atoms with van der Waals surface area (Å²) < 4.78 is 5.21. The zero-order chi connectivity index (χ0) is 17.5. The molecule has 0 amide bonds. The Morgan fingerprint density at radius 3 is 2.21 bits per heavy atom. The van der Waals surface area contributed by atoms with E-state index in [9.17, 15) is 4.79 Å². The molecule has 0 saturated heterocycles. The van der Waals surface area contributed by atoms with Crippen LogP contribution in [0.3, 0.4) is 0 Å². The molecule has 1 aromatic carbocycles. The fraction of sp³-hybridized carbons (Fsp3) is 0.667. The lowest BCUT2D eigenvalue weighted by Gasteiger charge is -2.17. The number of nitrogens with one attached hydrogen (secondary N) is 1.